The Balaban J connectivity index is 0.000000217. The number of benzene rings is 9. The second-order valence-electron chi connectivity index (χ2n) is 19.5. The molecule has 22 nitrogen and oxygen atoms in total. The molecule has 0 amide bonds. The summed E-state index contributed by atoms with van der Waals surface area (Å²) >= 11 is 0. The first-order valence-electron chi connectivity index (χ1n) is 26.6. The van der Waals surface area contributed by atoms with E-state index in [-0.39, 0.29) is 16.4 Å². The quantitative estimate of drug-likeness (QED) is 0.0424. The van der Waals surface area contributed by atoms with Gasteiger partial charge in [0.05, 0.1) is 0 Å². The lowest BCUT2D eigenvalue weighted by atomic mass is 9.67. The molecule has 0 aromatic heterocycles. The molecule has 0 atom stereocenters. The number of hydrogen-bond donors (Lipinski definition) is 22. The van der Waals surface area contributed by atoms with Gasteiger partial charge in [0.25, 0.3) is 0 Å². The van der Waals surface area contributed by atoms with E-state index in [1.165, 1.54) is 24.3 Å². The lowest BCUT2D eigenvalue weighted by Crippen LogP contribution is -2.45. The van der Waals surface area contributed by atoms with E-state index in [4.69, 9.17) is 80.4 Å². The van der Waals surface area contributed by atoms with E-state index >= 15 is 0 Å². The van der Waals surface area contributed by atoms with Gasteiger partial charge in [-0.05, 0) is 130 Å². The summed E-state index contributed by atoms with van der Waals surface area (Å²) in [5, 5.41) is 197. The van der Waals surface area contributed by atoms with Crippen LogP contribution in [0.25, 0.3) is 44.5 Å². The molecule has 33 heteroatoms. The number of aryl methyl sites for hydroxylation is 1. The van der Waals surface area contributed by atoms with Crippen LogP contribution >= 0.6 is 0 Å². The molecule has 0 saturated heterocycles. The molecule has 0 aliphatic carbocycles. The Morgan fingerprint density at radius 3 is 0.420 bits per heavy atom. The predicted octanol–water partition coefficient (Wildman–Crippen LogP) is -10.1. The predicted molar refractivity (Wildman–Crippen MR) is 347 cm³/mol. The minimum absolute atomic E-state index is 0.0521. The van der Waals surface area contributed by atoms with E-state index in [2.05, 4.69) is 0 Å². The molecule has 9 aromatic carbocycles. The van der Waals surface area contributed by atoms with E-state index in [1.54, 1.807) is 97.1 Å². The normalized spacial score (nSPS) is 10.2. The summed E-state index contributed by atoms with van der Waals surface area (Å²) in [4.78, 5) is 0. The van der Waals surface area contributed by atoms with Crippen LogP contribution in [0.3, 0.4) is 0 Å². The second-order valence-corrected chi connectivity index (χ2v) is 19.5. The van der Waals surface area contributed by atoms with Crippen molar-refractivity contribution in [1.82, 2.24) is 0 Å². The van der Waals surface area contributed by atoms with Gasteiger partial charge in [-0.2, -0.15) is 0 Å². The van der Waals surface area contributed by atoms with Crippen LogP contribution in [0.1, 0.15) is 5.56 Å². The molecule has 22 N–H and O–H groups in total. The Labute approximate surface area is 510 Å². The average Bonchev–Trinajstić information content (AvgIpc) is 3.61. The summed E-state index contributed by atoms with van der Waals surface area (Å²) in [6.07, 6.45) is 0. The molecule has 0 heterocycles. The summed E-state index contributed by atoms with van der Waals surface area (Å²) < 4.78 is 0. The Morgan fingerprint density at radius 2 is 0.273 bits per heavy atom. The monoisotopic (exact) mass is 1190 g/mol. The smallest absolute Gasteiger partial charge is 0.423 e. The lowest BCUT2D eigenvalue weighted by Gasteiger charge is -2.13. The maximum absolute atomic E-state index is 9.38. The minimum Gasteiger partial charge on any atom is -0.423 e. The van der Waals surface area contributed by atoms with Crippen molar-refractivity contribution in [2.75, 3.05) is 0 Å². The molecular formula is C55H59B11O22. The minimum atomic E-state index is -1.82. The molecular weight excluding hydrogens is 1130 g/mol. The van der Waals surface area contributed by atoms with Crippen LogP contribution in [0.15, 0.2) is 206 Å². The van der Waals surface area contributed by atoms with Gasteiger partial charge < -0.3 is 111 Å². The highest BCUT2D eigenvalue weighted by Gasteiger charge is 2.23. The van der Waals surface area contributed by atoms with Crippen molar-refractivity contribution in [3.8, 4) is 44.5 Å². The van der Waals surface area contributed by atoms with Crippen molar-refractivity contribution in [1.29, 1.82) is 0 Å². The molecule has 9 rings (SSSR count). The average molecular weight is 1190 g/mol. The SMILES string of the molecule is Cc1ccc(B(O)O)cc1.OB(O)c1cc(B(O)O)cc(B(O)O)c1.OB(O)c1ccc(-c2cc(-c3ccc(B(O)O)cc3)cc(-c3ccc(B(O)O)cc3)c2)cc1.OB(O)c1ccc(-c2ccc(B(O)O)cc2)cc1.OB(O)c1ccc(B(O)O)cc1. The van der Waals surface area contributed by atoms with Crippen LogP contribution in [0.4, 0.5) is 0 Å². The van der Waals surface area contributed by atoms with Gasteiger partial charge in [0.1, 0.15) is 0 Å². The molecule has 0 bridgehead atoms. The summed E-state index contributed by atoms with van der Waals surface area (Å²) in [7, 11) is -17.4. The van der Waals surface area contributed by atoms with Crippen molar-refractivity contribution >= 4 is 138 Å². The van der Waals surface area contributed by atoms with Crippen LogP contribution < -0.4 is 60.1 Å². The van der Waals surface area contributed by atoms with Crippen molar-refractivity contribution < 1.29 is 111 Å². The van der Waals surface area contributed by atoms with Gasteiger partial charge in [0, 0.05) is 0 Å². The van der Waals surface area contributed by atoms with Gasteiger partial charge in [-0.1, -0.05) is 194 Å². The first-order valence-corrected chi connectivity index (χ1v) is 26.6. The third-order valence-electron chi connectivity index (χ3n) is 13.1. The Hall–Kier alpha value is -7.19. The van der Waals surface area contributed by atoms with Crippen molar-refractivity contribution in [3.05, 3.63) is 212 Å². The van der Waals surface area contributed by atoms with Crippen LogP contribution in [-0.4, -0.2) is 189 Å². The van der Waals surface area contributed by atoms with Crippen molar-refractivity contribution in [2.24, 2.45) is 0 Å². The summed E-state index contributed by atoms with van der Waals surface area (Å²) in [5.74, 6) is 0. The maximum atomic E-state index is 9.38. The lowest BCUT2D eigenvalue weighted by molar-refractivity contribution is 0.422. The van der Waals surface area contributed by atoms with Crippen LogP contribution in [0.5, 0.6) is 0 Å². The topological polar surface area (TPSA) is 445 Å². The molecule has 0 spiro atoms. The van der Waals surface area contributed by atoms with E-state index in [0.717, 1.165) is 68.3 Å². The van der Waals surface area contributed by atoms with E-state index < -0.39 is 78.3 Å². The summed E-state index contributed by atoms with van der Waals surface area (Å²) in [6.45, 7) is 1.95. The molecule has 0 unspecified atom stereocenters. The fourth-order valence-electron chi connectivity index (χ4n) is 8.09. The Bertz CT molecular complexity index is 3210. The molecule has 0 radical (unpaired) electrons. The van der Waals surface area contributed by atoms with Crippen LogP contribution in [-0.2, 0) is 0 Å². The number of rotatable bonds is 15. The Morgan fingerprint density at radius 1 is 0.148 bits per heavy atom. The maximum Gasteiger partial charge on any atom is 0.488 e. The zero-order valence-corrected chi connectivity index (χ0v) is 46.8. The van der Waals surface area contributed by atoms with Gasteiger partial charge in [0.2, 0.25) is 0 Å². The first-order chi connectivity index (χ1) is 41.6. The third-order valence-corrected chi connectivity index (χ3v) is 13.1. The largest absolute Gasteiger partial charge is 0.488 e. The third kappa shape index (κ3) is 22.1. The fraction of sp³-hybridized carbons (Fsp3) is 0.0182. The molecule has 88 heavy (non-hydrogen) atoms. The van der Waals surface area contributed by atoms with Gasteiger partial charge in [-0.15, -0.1) is 0 Å². The Kier molecular flexibility index (Phi) is 28.1. The van der Waals surface area contributed by atoms with Crippen molar-refractivity contribution in [2.45, 2.75) is 6.92 Å². The van der Waals surface area contributed by atoms with Gasteiger partial charge in [0.15, 0.2) is 0 Å². The second kappa shape index (κ2) is 34.5. The van der Waals surface area contributed by atoms with Crippen LogP contribution in [0, 0.1) is 6.92 Å². The van der Waals surface area contributed by atoms with Crippen LogP contribution in [0.2, 0.25) is 0 Å². The van der Waals surface area contributed by atoms with Crippen molar-refractivity contribution in [3.63, 3.8) is 0 Å². The highest BCUT2D eigenvalue weighted by molar-refractivity contribution is 6.67. The fourth-order valence-corrected chi connectivity index (χ4v) is 8.09. The van der Waals surface area contributed by atoms with E-state index in [9.17, 15) is 30.1 Å². The molecule has 0 fully saturated rings. The molecule has 0 saturated carbocycles. The molecule has 444 valence electrons. The zero-order chi connectivity index (χ0) is 64.9. The van der Waals surface area contributed by atoms with E-state index in [0.29, 0.717) is 43.7 Å². The first kappa shape index (κ1) is 71.6. The van der Waals surface area contributed by atoms with Gasteiger partial charge in [-0.25, -0.2) is 0 Å². The molecule has 0 aliphatic heterocycles. The molecule has 0 aliphatic rings. The van der Waals surface area contributed by atoms with Gasteiger partial charge >= 0.3 is 78.3 Å². The van der Waals surface area contributed by atoms with Gasteiger partial charge in [-0.3, -0.25) is 0 Å². The van der Waals surface area contributed by atoms with E-state index in [1.807, 2.05) is 73.7 Å². The highest BCUT2D eigenvalue weighted by atomic mass is 16.4. The highest BCUT2D eigenvalue weighted by Crippen LogP contribution is 2.32. The number of hydrogen-bond acceptors (Lipinski definition) is 22. The standard InChI is InChI=1S/C24H21B3O6.C12H12B2O4.C7H9BO2.C6H9B3O6.C6H8B2O4/c28-25(29)22-7-1-16(2-8-22)19-13-20(17-3-9-23(10-4-17)26(30)31)15-21(14-19)18-5-11-24(12-6-18)27(32)33;15-13(16)11-5-1-9(2-6-11)10-3-7-12(8-4-10)14(17)18;1-6-2-4-7(5-3-6)8(9)10;10-7(11)4-1-5(8(12)13)3-6(2-4)9(14)15;9-7(10)5-1-2-6(4-3-5)8(11)12/h1-15,28-33H;1-8,15-18H;2-5,9-10H,1H3;1-3,10-15H;1-4,9-12H. The zero-order valence-electron chi connectivity index (χ0n) is 46.8. The summed E-state index contributed by atoms with van der Waals surface area (Å²) in [5.41, 5.74) is 11.4. The summed E-state index contributed by atoms with van der Waals surface area (Å²) in [6, 6.07) is 56.6. The molecule has 9 aromatic rings.